The third-order valence-corrected chi connectivity index (χ3v) is 3.30. The van der Waals surface area contributed by atoms with Crippen molar-refractivity contribution in [1.29, 1.82) is 0 Å². The molecule has 5 heteroatoms. The Bertz CT molecular complexity index is 279. The molecule has 0 radical (unpaired) electrons. The minimum absolute atomic E-state index is 0. The molecule has 0 aromatic carbocycles. The molecule has 74 valence electrons. The van der Waals surface area contributed by atoms with Crippen LogP contribution in [0.2, 0.25) is 0 Å². The molecular formula is C8H12I2N2S. The molecule has 1 rings (SSSR count). The summed E-state index contributed by atoms with van der Waals surface area (Å²) in [4.78, 5) is 5.51. The smallest absolute Gasteiger partial charge is 0.0905 e. The van der Waals surface area contributed by atoms with Gasteiger partial charge in [0.2, 0.25) is 0 Å². The van der Waals surface area contributed by atoms with Gasteiger partial charge in [-0.1, -0.05) is 0 Å². The highest BCUT2D eigenvalue weighted by Crippen LogP contribution is 2.18. The van der Waals surface area contributed by atoms with E-state index in [0.29, 0.717) is 5.84 Å². The second-order valence-electron chi connectivity index (χ2n) is 2.48. The first kappa shape index (κ1) is 13.6. The van der Waals surface area contributed by atoms with Gasteiger partial charge in [0, 0.05) is 17.8 Å². The summed E-state index contributed by atoms with van der Waals surface area (Å²) in [5.41, 5.74) is 5.41. The number of thiophene rings is 1. The zero-order valence-electron chi connectivity index (χ0n) is 7.29. The topological polar surface area (TPSA) is 38.4 Å². The summed E-state index contributed by atoms with van der Waals surface area (Å²) in [6.45, 7) is 2.62. The van der Waals surface area contributed by atoms with Gasteiger partial charge in [0.25, 0.3) is 0 Å². The van der Waals surface area contributed by atoms with Crippen molar-refractivity contribution < 1.29 is 0 Å². The van der Waals surface area contributed by atoms with Gasteiger partial charge in [-0.05, 0) is 41.6 Å². The molecule has 0 saturated carbocycles. The first-order valence-corrected chi connectivity index (χ1v) is 5.59. The Hall–Kier alpha value is 0.630. The molecule has 1 heterocycles. The van der Waals surface area contributed by atoms with Gasteiger partial charge in [-0.15, -0.1) is 35.3 Å². The normalized spacial score (nSPS) is 11.1. The van der Waals surface area contributed by atoms with E-state index in [1.54, 1.807) is 0 Å². The second-order valence-corrected chi connectivity index (χ2v) is 5.54. The number of hydrogen-bond donors (Lipinski definition) is 1. The van der Waals surface area contributed by atoms with Crippen LogP contribution in [-0.2, 0) is 6.42 Å². The zero-order chi connectivity index (χ0) is 8.97. The van der Waals surface area contributed by atoms with Crippen molar-refractivity contribution in [2.75, 3.05) is 6.54 Å². The standard InChI is InChI=1S/C8H11IN2S.HI/c1-6(10)11-5-4-7-2-3-8(9)12-7;/h2-3H,4-5H2,1H3,(H2,10,11);1H. The molecule has 0 aliphatic heterocycles. The van der Waals surface area contributed by atoms with Crippen LogP contribution in [0.15, 0.2) is 17.1 Å². The summed E-state index contributed by atoms with van der Waals surface area (Å²) in [7, 11) is 0. The van der Waals surface area contributed by atoms with Crippen LogP contribution in [0.4, 0.5) is 0 Å². The van der Waals surface area contributed by atoms with E-state index in [1.165, 1.54) is 7.76 Å². The Morgan fingerprint density at radius 3 is 2.77 bits per heavy atom. The van der Waals surface area contributed by atoms with Gasteiger partial charge >= 0.3 is 0 Å². The highest BCUT2D eigenvalue weighted by atomic mass is 127. The molecule has 13 heavy (non-hydrogen) atoms. The van der Waals surface area contributed by atoms with Crippen LogP contribution in [0, 0.1) is 2.88 Å². The highest BCUT2D eigenvalue weighted by Gasteiger charge is 1.95. The first-order valence-electron chi connectivity index (χ1n) is 3.69. The van der Waals surface area contributed by atoms with Crippen LogP contribution in [0.1, 0.15) is 11.8 Å². The lowest BCUT2D eigenvalue weighted by molar-refractivity contribution is 0.983. The summed E-state index contributed by atoms with van der Waals surface area (Å²) in [6, 6.07) is 4.27. The van der Waals surface area contributed by atoms with E-state index in [2.05, 4.69) is 39.7 Å². The van der Waals surface area contributed by atoms with Crippen molar-refractivity contribution in [3.05, 3.63) is 19.9 Å². The average molecular weight is 422 g/mol. The van der Waals surface area contributed by atoms with Gasteiger partial charge in [-0.25, -0.2) is 0 Å². The maximum absolute atomic E-state index is 5.41. The Kier molecular flexibility index (Phi) is 7.33. The van der Waals surface area contributed by atoms with Gasteiger partial charge in [-0.3, -0.25) is 4.99 Å². The fraction of sp³-hybridized carbons (Fsp3) is 0.375. The first-order chi connectivity index (χ1) is 5.68. The third-order valence-electron chi connectivity index (χ3n) is 1.35. The molecule has 0 amide bonds. The van der Waals surface area contributed by atoms with E-state index in [9.17, 15) is 0 Å². The van der Waals surface area contributed by atoms with Crippen molar-refractivity contribution in [2.45, 2.75) is 13.3 Å². The van der Waals surface area contributed by atoms with Crippen LogP contribution in [0.3, 0.4) is 0 Å². The van der Waals surface area contributed by atoms with Crippen molar-refractivity contribution >= 4 is 63.7 Å². The minimum Gasteiger partial charge on any atom is -0.388 e. The van der Waals surface area contributed by atoms with Gasteiger partial charge in [0.05, 0.1) is 8.72 Å². The molecule has 0 fully saturated rings. The molecule has 0 saturated heterocycles. The van der Waals surface area contributed by atoms with E-state index in [-0.39, 0.29) is 24.0 Å². The monoisotopic (exact) mass is 422 g/mol. The zero-order valence-corrected chi connectivity index (χ0v) is 12.6. The number of hydrogen-bond acceptors (Lipinski definition) is 2. The van der Waals surface area contributed by atoms with E-state index in [1.807, 2.05) is 18.3 Å². The molecule has 1 aromatic rings. The number of amidine groups is 1. The Morgan fingerprint density at radius 1 is 1.62 bits per heavy atom. The van der Waals surface area contributed by atoms with Crippen LogP contribution in [0.5, 0.6) is 0 Å². The SMILES string of the molecule is CC(N)=NCCc1ccc(I)s1.I. The maximum Gasteiger partial charge on any atom is 0.0905 e. The summed E-state index contributed by atoms with van der Waals surface area (Å²) < 4.78 is 1.33. The predicted octanol–water partition coefficient (Wildman–Crippen LogP) is 2.89. The Labute approximate surface area is 113 Å². The number of nitrogens with zero attached hydrogens (tertiary/aromatic N) is 1. The number of rotatable bonds is 3. The number of nitrogens with two attached hydrogens (primary N) is 1. The molecule has 1 aromatic heterocycles. The van der Waals surface area contributed by atoms with Crippen molar-refractivity contribution in [2.24, 2.45) is 10.7 Å². The summed E-state index contributed by atoms with van der Waals surface area (Å²) in [6.07, 6.45) is 1.00. The summed E-state index contributed by atoms with van der Waals surface area (Å²) in [5.74, 6) is 0.668. The molecule has 0 bridgehead atoms. The van der Waals surface area contributed by atoms with E-state index in [0.717, 1.165) is 13.0 Å². The van der Waals surface area contributed by atoms with Gasteiger partial charge in [0.15, 0.2) is 0 Å². The number of halogens is 2. The highest BCUT2D eigenvalue weighted by molar-refractivity contribution is 14.1. The maximum atomic E-state index is 5.41. The van der Waals surface area contributed by atoms with Crippen LogP contribution in [0.25, 0.3) is 0 Å². The van der Waals surface area contributed by atoms with Crippen molar-refractivity contribution in [3.63, 3.8) is 0 Å². The Morgan fingerprint density at radius 2 is 2.31 bits per heavy atom. The molecule has 0 spiro atoms. The van der Waals surface area contributed by atoms with Gasteiger partial charge < -0.3 is 5.73 Å². The molecule has 0 atom stereocenters. The molecule has 2 nitrogen and oxygen atoms in total. The average Bonchev–Trinajstić information content (AvgIpc) is 2.35. The van der Waals surface area contributed by atoms with E-state index < -0.39 is 0 Å². The largest absolute Gasteiger partial charge is 0.388 e. The molecule has 0 aliphatic carbocycles. The Balaban J connectivity index is 0.00000144. The quantitative estimate of drug-likeness (QED) is 0.455. The lowest BCUT2D eigenvalue weighted by atomic mass is 10.3. The lowest BCUT2D eigenvalue weighted by Crippen LogP contribution is -2.06. The van der Waals surface area contributed by atoms with E-state index >= 15 is 0 Å². The number of aliphatic imine (C=N–C) groups is 1. The third kappa shape index (κ3) is 5.84. The lowest BCUT2D eigenvalue weighted by Gasteiger charge is -1.92. The van der Waals surface area contributed by atoms with Crippen LogP contribution >= 0.6 is 57.9 Å². The van der Waals surface area contributed by atoms with Crippen LogP contribution in [-0.4, -0.2) is 12.4 Å². The summed E-state index contributed by atoms with van der Waals surface area (Å²) >= 11 is 4.14. The van der Waals surface area contributed by atoms with E-state index in [4.69, 9.17) is 5.73 Å². The fourth-order valence-corrected chi connectivity index (χ4v) is 2.57. The van der Waals surface area contributed by atoms with Crippen molar-refractivity contribution in [1.82, 2.24) is 0 Å². The van der Waals surface area contributed by atoms with Crippen molar-refractivity contribution in [3.8, 4) is 0 Å². The molecule has 0 aliphatic rings. The minimum atomic E-state index is 0. The summed E-state index contributed by atoms with van der Waals surface area (Å²) in [5, 5.41) is 0. The van der Waals surface area contributed by atoms with Gasteiger partial charge in [0.1, 0.15) is 0 Å². The van der Waals surface area contributed by atoms with Crippen LogP contribution < -0.4 is 5.73 Å². The molecule has 2 N–H and O–H groups in total. The predicted molar refractivity (Wildman–Crippen MR) is 78.3 cm³/mol. The van der Waals surface area contributed by atoms with Gasteiger partial charge in [-0.2, -0.15) is 0 Å². The molecule has 0 unspecified atom stereocenters. The fourth-order valence-electron chi connectivity index (χ4n) is 0.829. The second kappa shape index (κ2) is 6.99. The molecular weight excluding hydrogens is 410 g/mol.